The fraction of sp³-hybridized carbons (Fsp3) is 0.389. The first kappa shape index (κ1) is 29.5. The van der Waals surface area contributed by atoms with Crippen molar-refractivity contribution >= 4 is 87.0 Å². The summed E-state index contributed by atoms with van der Waals surface area (Å²) in [7, 11) is 0. The topological polar surface area (TPSA) is 188 Å². The number of amides is 3. The maximum atomic E-state index is 13.0. The van der Waals surface area contributed by atoms with Crippen LogP contribution in [-0.2, 0) is 28.8 Å². The number of thiazole rings is 1. The number of carbonyl (C=O) groups excluding carboxylic acids is 3. The van der Waals surface area contributed by atoms with Crippen molar-refractivity contribution in [3.05, 3.63) is 21.3 Å². The molecule has 3 rings (SSSR count). The number of oxime groups is 1. The first-order chi connectivity index (χ1) is 17.8. The fourth-order valence-corrected chi connectivity index (χ4v) is 6.29. The van der Waals surface area contributed by atoms with E-state index in [0.717, 1.165) is 4.90 Å². The normalized spacial score (nSPS) is 19.4. The molecule has 0 spiro atoms. The molecule has 4 N–H and O–H groups in total. The number of carboxylic acids is 2. The van der Waals surface area contributed by atoms with Gasteiger partial charge in [0.2, 0.25) is 6.61 Å². The predicted molar refractivity (Wildman–Crippen MR) is 130 cm³/mol. The molecule has 2 aliphatic rings. The zero-order valence-corrected chi connectivity index (χ0v) is 21.9. The van der Waals surface area contributed by atoms with Gasteiger partial charge in [-0.3, -0.25) is 24.6 Å². The molecular formula is C18H15ClF3N5O8S3. The van der Waals surface area contributed by atoms with Gasteiger partial charge >= 0.3 is 24.0 Å². The summed E-state index contributed by atoms with van der Waals surface area (Å²) in [5.41, 5.74) is -1.03. The molecule has 3 heterocycles. The summed E-state index contributed by atoms with van der Waals surface area (Å²) in [4.78, 5) is 68.8. The Morgan fingerprint density at radius 1 is 1.32 bits per heavy atom. The van der Waals surface area contributed by atoms with Gasteiger partial charge in [0.25, 0.3) is 11.8 Å². The largest absolute Gasteiger partial charge is 0.479 e. The van der Waals surface area contributed by atoms with E-state index in [1.807, 2.05) is 0 Å². The third-order valence-electron chi connectivity index (χ3n) is 4.70. The number of fused-ring (bicyclic) bond motifs is 1. The predicted octanol–water partition coefficient (Wildman–Crippen LogP) is 1.20. The molecule has 0 aromatic carbocycles. The minimum atomic E-state index is -5.25. The second kappa shape index (κ2) is 11.8. The van der Waals surface area contributed by atoms with E-state index >= 15 is 0 Å². The second-order valence-electron chi connectivity index (χ2n) is 7.25. The van der Waals surface area contributed by atoms with Crippen molar-refractivity contribution in [3.63, 3.8) is 0 Å². The summed E-state index contributed by atoms with van der Waals surface area (Å²) in [6.45, 7) is -1.02. The highest BCUT2D eigenvalue weighted by Crippen LogP contribution is 2.41. The number of nitrogens with zero attached hydrogens (tertiary/aromatic N) is 3. The molecule has 20 heteroatoms. The van der Waals surface area contributed by atoms with Gasteiger partial charge in [-0.05, 0) is 11.8 Å². The van der Waals surface area contributed by atoms with Gasteiger partial charge in [-0.1, -0.05) is 28.1 Å². The van der Waals surface area contributed by atoms with Gasteiger partial charge < -0.3 is 20.4 Å². The molecule has 1 aromatic rings. The number of aliphatic carboxylic acids is 2. The van der Waals surface area contributed by atoms with Gasteiger partial charge in [-0.2, -0.15) is 24.9 Å². The fourth-order valence-electron chi connectivity index (χ4n) is 3.19. The van der Waals surface area contributed by atoms with Crippen LogP contribution in [0.1, 0.15) is 5.69 Å². The Hall–Kier alpha value is -3.03. The quantitative estimate of drug-likeness (QED) is 0.168. The lowest BCUT2D eigenvalue weighted by atomic mass is 10.0. The highest BCUT2D eigenvalue weighted by Gasteiger charge is 2.54. The van der Waals surface area contributed by atoms with E-state index in [2.05, 4.69) is 20.3 Å². The minimum absolute atomic E-state index is 0.190. The van der Waals surface area contributed by atoms with Crippen LogP contribution in [0, 0.1) is 0 Å². The molecule has 38 heavy (non-hydrogen) atoms. The summed E-state index contributed by atoms with van der Waals surface area (Å²) in [6, 6.07) is -1.23. The van der Waals surface area contributed by atoms with Crippen molar-refractivity contribution in [3.8, 4) is 0 Å². The van der Waals surface area contributed by atoms with E-state index in [1.165, 1.54) is 28.8 Å². The number of aromatic nitrogens is 1. The van der Waals surface area contributed by atoms with Gasteiger partial charge in [0.15, 0.2) is 10.8 Å². The number of hydrogen-bond acceptors (Lipinski definition) is 11. The molecule has 1 fully saturated rings. The summed E-state index contributed by atoms with van der Waals surface area (Å²) >= 11 is 8.89. The smallest absolute Gasteiger partial charge is 0.471 e. The van der Waals surface area contributed by atoms with Gasteiger partial charge in [0.1, 0.15) is 27.1 Å². The van der Waals surface area contributed by atoms with E-state index in [1.54, 1.807) is 6.26 Å². The van der Waals surface area contributed by atoms with Gasteiger partial charge in [0, 0.05) is 11.5 Å². The number of anilines is 1. The monoisotopic (exact) mass is 617 g/mol. The van der Waals surface area contributed by atoms with Crippen LogP contribution in [0.3, 0.4) is 0 Å². The molecule has 0 radical (unpaired) electrons. The number of halogens is 4. The molecule has 0 aliphatic carbocycles. The second-order valence-corrected chi connectivity index (χ2v) is 10.8. The van der Waals surface area contributed by atoms with Crippen molar-refractivity contribution in [2.75, 3.05) is 29.7 Å². The molecule has 206 valence electrons. The van der Waals surface area contributed by atoms with Crippen LogP contribution < -0.4 is 10.6 Å². The lowest BCUT2D eigenvalue weighted by molar-refractivity contribution is -0.167. The highest BCUT2D eigenvalue weighted by atomic mass is 35.5. The van der Waals surface area contributed by atoms with Crippen molar-refractivity contribution in [2.24, 2.45) is 5.16 Å². The van der Waals surface area contributed by atoms with Crippen LogP contribution in [0.5, 0.6) is 0 Å². The third-order valence-corrected chi connectivity index (χ3v) is 7.85. The maximum absolute atomic E-state index is 13.0. The van der Waals surface area contributed by atoms with Crippen molar-refractivity contribution in [1.82, 2.24) is 15.2 Å². The zero-order chi connectivity index (χ0) is 28.4. The third kappa shape index (κ3) is 6.33. The molecule has 0 saturated carbocycles. The lowest BCUT2D eigenvalue weighted by Gasteiger charge is -2.49. The minimum Gasteiger partial charge on any atom is -0.479 e. The van der Waals surface area contributed by atoms with Crippen LogP contribution in [-0.4, -0.2) is 97.4 Å². The van der Waals surface area contributed by atoms with Crippen molar-refractivity contribution < 1.29 is 52.2 Å². The van der Waals surface area contributed by atoms with E-state index < -0.39 is 74.7 Å². The summed E-state index contributed by atoms with van der Waals surface area (Å²) in [6.07, 6.45) is -3.48. The van der Waals surface area contributed by atoms with Crippen molar-refractivity contribution in [1.29, 1.82) is 0 Å². The number of thioether (sulfide) groups is 2. The van der Waals surface area contributed by atoms with Crippen LogP contribution in [0.4, 0.5) is 18.3 Å². The number of β-lactam (4-membered cyclic amide) rings is 1. The van der Waals surface area contributed by atoms with E-state index in [9.17, 15) is 42.3 Å². The van der Waals surface area contributed by atoms with Gasteiger partial charge in [0.05, 0.1) is 0 Å². The number of carboxylic acid groups (broad SMARTS) is 2. The number of rotatable bonds is 10. The summed E-state index contributed by atoms with van der Waals surface area (Å²) in [5.74, 6) is -6.44. The number of hydrogen-bond donors (Lipinski definition) is 4. The summed E-state index contributed by atoms with van der Waals surface area (Å²) < 4.78 is 37.3. The Balaban J connectivity index is 1.85. The van der Waals surface area contributed by atoms with Gasteiger partial charge in [-0.25, -0.2) is 14.6 Å². The molecule has 1 unspecified atom stereocenters. The molecule has 3 amide bonds. The first-order valence-electron chi connectivity index (χ1n) is 9.92. The van der Waals surface area contributed by atoms with Crippen LogP contribution in [0.2, 0.25) is 4.34 Å². The first-order valence-corrected chi connectivity index (χ1v) is 13.6. The van der Waals surface area contributed by atoms with E-state index in [0.29, 0.717) is 22.7 Å². The Labute approximate surface area is 227 Å². The molecular weight excluding hydrogens is 603 g/mol. The highest BCUT2D eigenvalue weighted by molar-refractivity contribution is 8.00. The maximum Gasteiger partial charge on any atom is 0.471 e. The summed E-state index contributed by atoms with van der Waals surface area (Å²) in [5, 5.41) is 24.1. The van der Waals surface area contributed by atoms with E-state index in [-0.39, 0.29) is 11.4 Å². The molecule has 1 saturated heterocycles. The number of alkyl halides is 3. The molecule has 2 atom stereocenters. The van der Waals surface area contributed by atoms with Crippen LogP contribution in [0.25, 0.3) is 0 Å². The number of nitrogens with one attached hydrogen (secondary N) is 2. The average Bonchev–Trinajstić information content (AvgIpc) is 3.18. The Morgan fingerprint density at radius 3 is 2.58 bits per heavy atom. The molecule has 1 aromatic heterocycles. The van der Waals surface area contributed by atoms with Crippen molar-refractivity contribution in [2.45, 2.75) is 17.6 Å². The Kier molecular flexibility index (Phi) is 9.16. The Bertz CT molecular complexity index is 1250. The van der Waals surface area contributed by atoms with Crippen LogP contribution in [0.15, 0.2) is 16.4 Å². The van der Waals surface area contributed by atoms with Crippen LogP contribution >= 0.6 is 46.5 Å². The molecule has 13 nitrogen and oxygen atoms in total. The van der Waals surface area contributed by atoms with E-state index in [4.69, 9.17) is 16.7 Å². The molecule has 2 aliphatic heterocycles. The number of carbonyl (C=O) groups is 5. The average molecular weight is 618 g/mol. The van der Waals surface area contributed by atoms with Gasteiger partial charge in [-0.15, -0.1) is 11.8 Å². The standard InChI is InChI=1S/C18H15ClF3N5O8S3/c1-36-3-5-4-37-14-9(13(31)27(14)10(5)15(32)33)23-12(30)8(26-35-2-6(28)29)7-11(19)38-17(24-7)25-16(34)18(20,21)22/h9,14H,2-4H2,1H3,(H,23,30)(H,28,29)(H,32,33)(H,24,25,34)/t9?,14-/m0/s1. The Morgan fingerprint density at radius 2 is 2.00 bits per heavy atom. The molecule has 0 bridgehead atoms. The lowest BCUT2D eigenvalue weighted by Crippen LogP contribution is -2.71. The zero-order valence-electron chi connectivity index (χ0n) is 18.7. The SMILES string of the molecule is CSCC1=C(C(=O)O)N2C(=O)C(NC(=O)C(=NOCC(=O)O)c3nc(NC(=O)C(F)(F)F)sc3Cl)[C@@H]2SC1.